The predicted molar refractivity (Wildman–Crippen MR) is 79.7 cm³/mol. The van der Waals surface area contributed by atoms with Crippen LogP contribution in [0.15, 0.2) is 36.4 Å². The van der Waals surface area contributed by atoms with E-state index in [1.165, 1.54) is 6.07 Å². The molecule has 0 fully saturated rings. The van der Waals surface area contributed by atoms with Gasteiger partial charge in [0.1, 0.15) is 11.6 Å². The van der Waals surface area contributed by atoms with Crippen molar-refractivity contribution in [1.29, 1.82) is 0 Å². The van der Waals surface area contributed by atoms with Gasteiger partial charge in [-0.3, -0.25) is 4.57 Å². The summed E-state index contributed by atoms with van der Waals surface area (Å²) in [4.78, 5) is 3.12. The molecule has 3 rings (SSSR count). The fourth-order valence-corrected chi connectivity index (χ4v) is 2.59. The minimum absolute atomic E-state index is 0.248. The van der Waals surface area contributed by atoms with Crippen molar-refractivity contribution in [2.75, 3.05) is 7.11 Å². The van der Waals surface area contributed by atoms with E-state index in [4.69, 9.17) is 17.0 Å². The summed E-state index contributed by atoms with van der Waals surface area (Å²) in [5.41, 5.74) is 3.05. The molecule has 0 radical (unpaired) electrons. The van der Waals surface area contributed by atoms with Gasteiger partial charge in [0.2, 0.25) is 0 Å². The van der Waals surface area contributed by atoms with Crippen LogP contribution in [0, 0.1) is 17.5 Å². The Hall–Kier alpha value is -2.14. The Kier molecular flexibility index (Phi) is 3.06. The predicted octanol–water partition coefficient (Wildman–Crippen LogP) is 4.14. The smallest absolute Gasteiger partial charge is 0.182 e. The third-order valence-electron chi connectivity index (χ3n) is 3.37. The van der Waals surface area contributed by atoms with E-state index in [1.807, 2.05) is 28.8 Å². The molecule has 0 aliphatic carbocycles. The van der Waals surface area contributed by atoms with E-state index in [0.29, 0.717) is 10.3 Å². The Bertz CT molecular complexity index is 851. The maximum absolute atomic E-state index is 13.8. The van der Waals surface area contributed by atoms with Gasteiger partial charge in [0.05, 0.1) is 23.8 Å². The molecule has 1 heterocycles. The zero-order chi connectivity index (χ0) is 14.3. The zero-order valence-corrected chi connectivity index (χ0v) is 11.9. The van der Waals surface area contributed by atoms with Gasteiger partial charge in [-0.2, -0.15) is 0 Å². The molecule has 5 heteroatoms. The number of ether oxygens (including phenoxy) is 1. The van der Waals surface area contributed by atoms with Crippen molar-refractivity contribution in [3.05, 3.63) is 52.5 Å². The number of nitrogens with one attached hydrogen (secondary N) is 1. The molecule has 20 heavy (non-hydrogen) atoms. The molecule has 102 valence electrons. The maximum atomic E-state index is 13.8. The molecule has 3 aromatic rings. The van der Waals surface area contributed by atoms with E-state index in [0.717, 1.165) is 22.5 Å². The zero-order valence-electron chi connectivity index (χ0n) is 11.1. The number of imidazole rings is 1. The summed E-state index contributed by atoms with van der Waals surface area (Å²) in [6.45, 7) is 1.74. The van der Waals surface area contributed by atoms with Crippen molar-refractivity contribution in [3.63, 3.8) is 0 Å². The summed E-state index contributed by atoms with van der Waals surface area (Å²) in [6.07, 6.45) is 0. The lowest BCUT2D eigenvalue weighted by Crippen LogP contribution is -1.99. The molecule has 0 saturated heterocycles. The first-order valence-electron chi connectivity index (χ1n) is 6.16. The number of halogens is 1. The lowest BCUT2D eigenvalue weighted by atomic mass is 10.2. The van der Waals surface area contributed by atoms with Crippen LogP contribution in [-0.2, 0) is 0 Å². The monoisotopic (exact) mass is 288 g/mol. The molecule has 3 nitrogen and oxygen atoms in total. The van der Waals surface area contributed by atoms with Crippen LogP contribution in [0.1, 0.15) is 5.56 Å². The molecule has 1 N–H and O–H groups in total. The van der Waals surface area contributed by atoms with Gasteiger partial charge in [0.25, 0.3) is 0 Å². The Morgan fingerprint density at radius 2 is 2.05 bits per heavy atom. The number of rotatable bonds is 2. The number of aromatic nitrogens is 2. The molecule has 0 spiro atoms. The number of benzene rings is 2. The first-order chi connectivity index (χ1) is 9.61. The highest BCUT2D eigenvalue weighted by molar-refractivity contribution is 7.71. The molecule has 0 aliphatic heterocycles. The van der Waals surface area contributed by atoms with Crippen LogP contribution < -0.4 is 4.74 Å². The average molecular weight is 288 g/mol. The van der Waals surface area contributed by atoms with Gasteiger partial charge in [0.15, 0.2) is 4.77 Å². The average Bonchev–Trinajstić information content (AvgIpc) is 2.77. The summed E-state index contributed by atoms with van der Waals surface area (Å²) in [6, 6.07) is 10.6. The molecule has 0 amide bonds. The second-order valence-corrected chi connectivity index (χ2v) is 4.92. The van der Waals surface area contributed by atoms with E-state index < -0.39 is 0 Å². The number of H-pyrrole nitrogens is 1. The number of fused-ring (bicyclic) bond motifs is 1. The van der Waals surface area contributed by atoms with Crippen molar-refractivity contribution < 1.29 is 9.13 Å². The third-order valence-corrected chi connectivity index (χ3v) is 3.66. The van der Waals surface area contributed by atoms with E-state index in [2.05, 4.69) is 4.98 Å². The van der Waals surface area contributed by atoms with Crippen LogP contribution in [-0.4, -0.2) is 16.7 Å². The third kappa shape index (κ3) is 1.91. The molecule has 0 atom stereocenters. The summed E-state index contributed by atoms with van der Waals surface area (Å²) in [5.74, 6) is 0.482. The standard InChI is InChI=1S/C15H13FN2OS/c1-9-11(16)4-3-5-13(9)18-14-8-10(19-2)6-7-12(14)17-15(18)20/h3-8H,1-2H3,(H,17,20). The fourth-order valence-electron chi connectivity index (χ4n) is 2.29. The second-order valence-electron chi connectivity index (χ2n) is 4.53. The first kappa shape index (κ1) is 12.9. The van der Waals surface area contributed by atoms with Crippen LogP contribution >= 0.6 is 12.2 Å². The van der Waals surface area contributed by atoms with Crippen molar-refractivity contribution in [1.82, 2.24) is 9.55 Å². The quantitative estimate of drug-likeness (QED) is 0.718. The molecular weight excluding hydrogens is 275 g/mol. The van der Waals surface area contributed by atoms with Gasteiger partial charge in [-0.1, -0.05) is 6.07 Å². The highest BCUT2D eigenvalue weighted by Crippen LogP contribution is 2.26. The normalized spacial score (nSPS) is 10.9. The fraction of sp³-hybridized carbons (Fsp3) is 0.133. The van der Waals surface area contributed by atoms with Crippen molar-refractivity contribution in [3.8, 4) is 11.4 Å². The minimum Gasteiger partial charge on any atom is -0.497 e. The largest absolute Gasteiger partial charge is 0.497 e. The van der Waals surface area contributed by atoms with Gasteiger partial charge in [-0.05, 0) is 43.4 Å². The van der Waals surface area contributed by atoms with Gasteiger partial charge >= 0.3 is 0 Å². The molecule has 0 unspecified atom stereocenters. The number of nitrogens with zero attached hydrogens (tertiary/aromatic N) is 1. The highest BCUT2D eigenvalue weighted by atomic mass is 32.1. The van der Waals surface area contributed by atoms with Crippen molar-refractivity contribution in [2.24, 2.45) is 0 Å². The molecular formula is C15H13FN2OS. The van der Waals surface area contributed by atoms with E-state index in [1.54, 1.807) is 20.1 Å². The number of hydrogen-bond acceptors (Lipinski definition) is 2. The van der Waals surface area contributed by atoms with E-state index >= 15 is 0 Å². The van der Waals surface area contributed by atoms with Gasteiger partial charge in [-0.15, -0.1) is 0 Å². The molecule has 0 bridgehead atoms. The van der Waals surface area contributed by atoms with Gasteiger partial charge in [-0.25, -0.2) is 4.39 Å². The van der Waals surface area contributed by atoms with Crippen LogP contribution in [0.2, 0.25) is 0 Å². The second kappa shape index (κ2) is 4.76. The van der Waals surface area contributed by atoms with Crippen molar-refractivity contribution >= 4 is 23.3 Å². The molecule has 1 aromatic heterocycles. The number of aromatic amines is 1. The maximum Gasteiger partial charge on any atom is 0.182 e. The van der Waals surface area contributed by atoms with Gasteiger partial charge in [0, 0.05) is 11.6 Å². The Balaban J connectivity index is 2.38. The highest BCUT2D eigenvalue weighted by Gasteiger charge is 2.11. The summed E-state index contributed by atoms with van der Waals surface area (Å²) in [7, 11) is 1.61. The summed E-state index contributed by atoms with van der Waals surface area (Å²) < 4.78 is 21.4. The van der Waals surface area contributed by atoms with Crippen LogP contribution in [0.3, 0.4) is 0 Å². The number of methoxy groups -OCH3 is 1. The van der Waals surface area contributed by atoms with E-state index in [-0.39, 0.29) is 5.82 Å². The van der Waals surface area contributed by atoms with Crippen LogP contribution in [0.5, 0.6) is 5.75 Å². The molecule has 2 aromatic carbocycles. The molecule has 0 aliphatic rings. The minimum atomic E-state index is -0.248. The Morgan fingerprint density at radius 1 is 1.25 bits per heavy atom. The van der Waals surface area contributed by atoms with Gasteiger partial charge < -0.3 is 9.72 Å². The lowest BCUT2D eigenvalue weighted by molar-refractivity contribution is 0.415. The van der Waals surface area contributed by atoms with Crippen molar-refractivity contribution in [2.45, 2.75) is 6.92 Å². The summed E-state index contributed by atoms with van der Waals surface area (Å²) in [5, 5.41) is 0. The SMILES string of the molecule is COc1ccc2[nH]c(=S)n(-c3cccc(F)c3C)c2c1. The lowest BCUT2D eigenvalue weighted by Gasteiger charge is -2.09. The Morgan fingerprint density at radius 3 is 2.80 bits per heavy atom. The topological polar surface area (TPSA) is 29.9 Å². The first-order valence-corrected chi connectivity index (χ1v) is 6.57. The number of hydrogen-bond donors (Lipinski definition) is 1. The van der Waals surface area contributed by atoms with Crippen LogP contribution in [0.4, 0.5) is 4.39 Å². The van der Waals surface area contributed by atoms with E-state index in [9.17, 15) is 4.39 Å². The summed E-state index contributed by atoms with van der Waals surface area (Å²) >= 11 is 5.36. The molecule has 0 saturated carbocycles. The Labute approximate surface area is 120 Å². The van der Waals surface area contributed by atoms with Crippen LogP contribution in [0.25, 0.3) is 16.7 Å².